The Balaban J connectivity index is 1.72. The van der Waals surface area contributed by atoms with Gasteiger partial charge in [-0.15, -0.1) is 0 Å². The molecule has 0 radical (unpaired) electrons. The normalized spacial score (nSPS) is 11.6. The lowest BCUT2D eigenvalue weighted by molar-refractivity contribution is 0.392. The summed E-state index contributed by atoms with van der Waals surface area (Å²) in [5.74, 6) is 1.68. The molecule has 0 fully saturated rings. The van der Waals surface area contributed by atoms with Gasteiger partial charge in [-0.2, -0.15) is 0 Å². The molecular weight excluding hydrogens is 312 g/mol. The summed E-state index contributed by atoms with van der Waals surface area (Å²) in [4.78, 5) is 4.23. The van der Waals surface area contributed by atoms with Gasteiger partial charge in [0, 0.05) is 30.7 Å². The smallest absolute Gasteiger partial charge is 0.190 e. The summed E-state index contributed by atoms with van der Waals surface area (Å²) in [6.45, 7) is 5.50. The van der Waals surface area contributed by atoms with Gasteiger partial charge in [0.15, 0.2) is 5.96 Å². The van der Waals surface area contributed by atoms with E-state index in [0.717, 1.165) is 53.9 Å². The van der Waals surface area contributed by atoms with Crippen molar-refractivity contribution in [2.24, 2.45) is 4.99 Å². The predicted octanol–water partition coefficient (Wildman–Crippen LogP) is 2.90. The fourth-order valence-corrected chi connectivity index (χ4v) is 2.49. The maximum Gasteiger partial charge on any atom is 0.190 e. The number of hydrogen-bond acceptors (Lipinski definition) is 3. The highest BCUT2D eigenvalue weighted by Crippen LogP contribution is 2.12. The number of nitrogens with one attached hydrogen (secondary N) is 2. The Kier molecular flexibility index (Phi) is 6.47. The van der Waals surface area contributed by atoms with Crippen molar-refractivity contribution in [3.8, 4) is 0 Å². The third-order valence-electron chi connectivity index (χ3n) is 3.69. The minimum Gasteiger partial charge on any atom is -0.361 e. The standard InChI is InChI=1S/C17H23ClN4O/c1-12-16(13(2)23-22-12)9-11-21-17(19-3)20-10-8-14-4-6-15(18)7-5-14/h4-7H,8-11H2,1-3H3,(H2,19,20,21). The van der Waals surface area contributed by atoms with E-state index in [-0.39, 0.29) is 0 Å². The van der Waals surface area contributed by atoms with E-state index in [1.807, 2.05) is 38.1 Å². The van der Waals surface area contributed by atoms with E-state index in [9.17, 15) is 0 Å². The predicted molar refractivity (Wildman–Crippen MR) is 94.2 cm³/mol. The molecule has 0 aliphatic carbocycles. The third-order valence-corrected chi connectivity index (χ3v) is 3.94. The number of hydrogen-bond donors (Lipinski definition) is 2. The summed E-state index contributed by atoms with van der Waals surface area (Å²) in [5.41, 5.74) is 3.36. The molecule has 0 unspecified atom stereocenters. The van der Waals surface area contributed by atoms with E-state index in [2.05, 4.69) is 20.8 Å². The minimum absolute atomic E-state index is 0.763. The lowest BCUT2D eigenvalue weighted by Gasteiger charge is -2.12. The summed E-state index contributed by atoms with van der Waals surface area (Å²) in [6.07, 6.45) is 1.78. The van der Waals surface area contributed by atoms with Crippen LogP contribution in [0.2, 0.25) is 5.02 Å². The molecule has 0 saturated heterocycles. The number of aromatic nitrogens is 1. The van der Waals surface area contributed by atoms with Gasteiger partial charge in [0.25, 0.3) is 0 Å². The first-order valence-corrected chi connectivity index (χ1v) is 8.08. The van der Waals surface area contributed by atoms with E-state index in [4.69, 9.17) is 16.1 Å². The van der Waals surface area contributed by atoms with Crippen molar-refractivity contribution in [1.29, 1.82) is 0 Å². The Hall–Kier alpha value is -2.01. The number of aryl methyl sites for hydroxylation is 2. The van der Waals surface area contributed by atoms with Crippen LogP contribution in [0, 0.1) is 13.8 Å². The van der Waals surface area contributed by atoms with Crippen LogP contribution < -0.4 is 10.6 Å². The van der Waals surface area contributed by atoms with E-state index in [1.165, 1.54) is 5.56 Å². The highest BCUT2D eigenvalue weighted by Gasteiger charge is 2.08. The Morgan fingerprint density at radius 3 is 2.35 bits per heavy atom. The molecule has 0 saturated carbocycles. The molecule has 0 atom stereocenters. The Morgan fingerprint density at radius 1 is 1.13 bits per heavy atom. The van der Waals surface area contributed by atoms with Crippen LogP contribution in [-0.2, 0) is 12.8 Å². The van der Waals surface area contributed by atoms with Crippen molar-refractivity contribution < 1.29 is 4.52 Å². The van der Waals surface area contributed by atoms with Gasteiger partial charge in [-0.25, -0.2) is 0 Å². The molecular formula is C17H23ClN4O. The van der Waals surface area contributed by atoms with Crippen LogP contribution in [0.5, 0.6) is 0 Å². The van der Waals surface area contributed by atoms with Gasteiger partial charge in [0.1, 0.15) is 5.76 Å². The van der Waals surface area contributed by atoms with Gasteiger partial charge < -0.3 is 15.2 Å². The molecule has 5 nitrogen and oxygen atoms in total. The van der Waals surface area contributed by atoms with Crippen molar-refractivity contribution in [3.63, 3.8) is 0 Å². The highest BCUT2D eigenvalue weighted by molar-refractivity contribution is 6.30. The number of nitrogens with zero attached hydrogens (tertiary/aromatic N) is 2. The van der Waals surface area contributed by atoms with E-state index >= 15 is 0 Å². The summed E-state index contributed by atoms with van der Waals surface area (Å²) in [6, 6.07) is 7.90. The largest absolute Gasteiger partial charge is 0.361 e. The average Bonchev–Trinajstić information content (AvgIpc) is 2.87. The summed E-state index contributed by atoms with van der Waals surface area (Å²) in [7, 11) is 1.77. The van der Waals surface area contributed by atoms with Gasteiger partial charge >= 0.3 is 0 Å². The van der Waals surface area contributed by atoms with E-state index in [1.54, 1.807) is 7.05 Å². The first kappa shape index (κ1) is 17.3. The first-order chi connectivity index (χ1) is 11.1. The topological polar surface area (TPSA) is 62.5 Å². The Bertz CT molecular complexity index is 630. The fourth-order valence-electron chi connectivity index (χ4n) is 2.36. The van der Waals surface area contributed by atoms with Gasteiger partial charge in [-0.3, -0.25) is 4.99 Å². The molecule has 0 aliphatic rings. The fraction of sp³-hybridized carbons (Fsp3) is 0.412. The zero-order chi connectivity index (χ0) is 16.7. The van der Waals surface area contributed by atoms with Crippen molar-refractivity contribution in [1.82, 2.24) is 15.8 Å². The molecule has 0 amide bonds. The molecule has 1 aromatic heterocycles. The second-order valence-electron chi connectivity index (χ2n) is 5.35. The molecule has 23 heavy (non-hydrogen) atoms. The second kappa shape index (κ2) is 8.58. The summed E-state index contributed by atoms with van der Waals surface area (Å²) < 4.78 is 5.17. The Morgan fingerprint density at radius 2 is 1.78 bits per heavy atom. The SMILES string of the molecule is CN=C(NCCc1ccc(Cl)cc1)NCCc1c(C)noc1C. The van der Waals surface area contributed by atoms with Gasteiger partial charge in [-0.05, 0) is 44.4 Å². The van der Waals surface area contributed by atoms with Crippen LogP contribution in [0.25, 0.3) is 0 Å². The van der Waals surface area contributed by atoms with Crippen molar-refractivity contribution in [2.75, 3.05) is 20.1 Å². The quantitative estimate of drug-likeness (QED) is 0.630. The van der Waals surface area contributed by atoms with Crippen LogP contribution in [-0.4, -0.2) is 31.3 Å². The van der Waals surface area contributed by atoms with E-state index in [0.29, 0.717) is 0 Å². The van der Waals surface area contributed by atoms with Crippen molar-refractivity contribution in [3.05, 3.63) is 51.9 Å². The summed E-state index contributed by atoms with van der Waals surface area (Å²) >= 11 is 5.88. The lowest BCUT2D eigenvalue weighted by atomic mass is 10.1. The Labute approximate surface area is 142 Å². The molecule has 1 aromatic carbocycles. The van der Waals surface area contributed by atoms with Crippen LogP contribution in [0.15, 0.2) is 33.8 Å². The molecule has 124 valence electrons. The van der Waals surface area contributed by atoms with Gasteiger partial charge in [0.2, 0.25) is 0 Å². The zero-order valence-electron chi connectivity index (χ0n) is 13.8. The van der Waals surface area contributed by atoms with E-state index < -0.39 is 0 Å². The molecule has 0 aliphatic heterocycles. The maximum atomic E-state index is 5.88. The second-order valence-corrected chi connectivity index (χ2v) is 5.79. The van der Waals surface area contributed by atoms with Crippen LogP contribution in [0.1, 0.15) is 22.6 Å². The highest BCUT2D eigenvalue weighted by atomic mass is 35.5. The number of halogens is 1. The lowest BCUT2D eigenvalue weighted by Crippen LogP contribution is -2.39. The number of aliphatic imine (C=N–C) groups is 1. The van der Waals surface area contributed by atoms with Crippen LogP contribution >= 0.6 is 11.6 Å². The average molecular weight is 335 g/mol. The minimum atomic E-state index is 0.763. The molecule has 6 heteroatoms. The molecule has 0 bridgehead atoms. The summed E-state index contributed by atoms with van der Waals surface area (Å²) in [5, 5.41) is 11.3. The molecule has 0 spiro atoms. The first-order valence-electron chi connectivity index (χ1n) is 7.71. The molecule has 1 heterocycles. The monoisotopic (exact) mass is 334 g/mol. The number of guanidine groups is 1. The van der Waals surface area contributed by atoms with Crippen LogP contribution in [0.3, 0.4) is 0 Å². The molecule has 2 rings (SSSR count). The third kappa shape index (κ3) is 5.28. The molecule has 2 N–H and O–H groups in total. The number of benzene rings is 1. The number of rotatable bonds is 6. The maximum absolute atomic E-state index is 5.88. The zero-order valence-corrected chi connectivity index (χ0v) is 14.6. The van der Waals surface area contributed by atoms with Crippen molar-refractivity contribution >= 4 is 17.6 Å². The van der Waals surface area contributed by atoms with Crippen LogP contribution in [0.4, 0.5) is 0 Å². The van der Waals surface area contributed by atoms with Gasteiger partial charge in [0.05, 0.1) is 5.69 Å². The van der Waals surface area contributed by atoms with Gasteiger partial charge in [-0.1, -0.05) is 28.9 Å². The van der Waals surface area contributed by atoms with Crippen molar-refractivity contribution in [2.45, 2.75) is 26.7 Å². The molecule has 2 aromatic rings.